The van der Waals surface area contributed by atoms with Crippen molar-refractivity contribution < 1.29 is 53.1 Å². The Kier molecular flexibility index (Phi) is 10.2. The largest absolute Gasteiger partial charge is 0.455 e. The Hall–Kier alpha value is -4.39. The molecule has 3 fully saturated rings. The summed E-state index contributed by atoms with van der Waals surface area (Å²) >= 11 is 0. The van der Waals surface area contributed by atoms with Crippen LogP contribution in [-0.4, -0.2) is 82.5 Å². The Bertz CT molecular complexity index is 1860. The van der Waals surface area contributed by atoms with Gasteiger partial charge >= 0.3 is 17.9 Å². The van der Waals surface area contributed by atoms with Gasteiger partial charge in [0.2, 0.25) is 6.10 Å². The second-order valence-electron chi connectivity index (χ2n) is 16.5. The van der Waals surface area contributed by atoms with Gasteiger partial charge in [-0.2, -0.15) is 0 Å². The molecule has 1 amide bonds. The summed E-state index contributed by atoms with van der Waals surface area (Å²) in [5.74, 6) is -4.89. The number of ketones is 1. The van der Waals surface area contributed by atoms with Gasteiger partial charge < -0.3 is 34.5 Å². The Morgan fingerprint density at radius 2 is 1.54 bits per heavy atom. The second kappa shape index (κ2) is 14.0. The van der Waals surface area contributed by atoms with Gasteiger partial charge in [0.25, 0.3) is 5.91 Å². The second-order valence-corrected chi connectivity index (χ2v) is 16.5. The zero-order chi connectivity index (χ0) is 39.5. The van der Waals surface area contributed by atoms with Crippen LogP contribution >= 0.6 is 0 Å². The van der Waals surface area contributed by atoms with Gasteiger partial charge in [0.1, 0.15) is 12.1 Å². The maximum absolute atomic E-state index is 15.0. The van der Waals surface area contributed by atoms with Crippen molar-refractivity contribution in [1.29, 1.82) is 0 Å². The highest BCUT2D eigenvalue weighted by atomic mass is 16.6. The molecule has 12 nitrogen and oxygen atoms in total. The van der Waals surface area contributed by atoms with E-state index in [4.69, 9.17) is 18.9 Å². The summed E-state index contributed by atoms with van der Waals surface area (Å²) in [7, 11) is 0. The van der Waals surface area contributed by atoms with Crippen molar-refractivity contribution in [2.24, 2.45) is 28.1 Å². The molecule has 54 heavy (non-hydrogen) atoms. The number of carbonyl (C=O) groups excluding carboxylic acids is 5. The molecule has 4 aliphatic rings. The van der Waals surface area contributed by atoms with Gasteiger partial charge in [0.15, 0.2) is 11.9 Å². The van der Waals surface area contributed by atoms with Gasteiger partial charge in [0, 0.05) is 43.1 Å². The van der Waals surface area contributed by atoms with Gasteiger partial charge in [-0.1, -0.05) is 76.2 Å². The van der Waals surface area contributed by atoms with Gasteiger partial charge in [-0.05, 0) is 54.5 Å². The molecule has 1 aliphatic heterocycles. The molecule has 0 spiro atoms. The number of amides is 1. The lowest BCUT2D eigenvalue weighted by Crippen LogP contribution is -2.75. The minimum atomic E-state index is -1.70. The lowest BCUT2D eigenvalue weighted by Gasteiger charge is -2.68. The highest BCUT2D eigenvalue weighted by Crippen LogP contribution is 2.67. The Morgan fingerprint density at radius 3 is 2.09 bits per heavy atom. The lowest BCUT2D eigenvalue weighted by molar-refractivity contribution is -0.302. The number of rotatable bonds is 8. The molecule has 2 aromatic carbocycles. The van der Waals surface area contributed by atoms with Crippen LogP contribution in [0.2, 0.25) is 0 Å². The summed E-state index contributed by atoms with van der Waals surface area (Å²) in [6.45, 7) is 13.4. The van der Waals surface area contributed by atoms with Crippen LogP contribution in [0, 0.1) is 28.1 Å². The van der Waals surface area contributed by atoms with Crippen molar-refractivity contribution in [2.45, 2.75) is 110 Å². The third kappa shape index (κ3) is 6.16. The molecule has 290 valence electrons. The van der Waals surface area contributed by atoms with E-state index < -0.39 is 93.7 Å². The number of ether oxygens (including phenoxy) is 4. The monoisotopic (exact) mass is 745 g/mol. The van der Waals surface area contributed by atoms with Crippen LogP contribution in [-0.2, 0) is 38.1 Å². The van der Waals surface area contributed by atoms with E-state index in [1.165, 1.54) is 6.92 Å². The third-order valence-electron chi connectivity index (χ3n) is 13.1. The normalized spacial score (nSPS) is 35.0. The summed E-state index contributed by atoms with van der Waals surface area (Å²) in [5, 5.41) is 27.8. The molecular formula is C42H51NO11. The van der Waals surface area contributed by atoms with E-state index in [1.807, 2.05) is 13.8 Å². The highest BCUT2D eigenvalue weighted by Gasteiger charge is 2.73. The number of nitrogens with one attached hydrogen (secondary N) is 1. The number of fused-ring (bicyclic) bond motifs is 5. The minimum absolute atomic E-state index is 0.132. The molecule has 1 heterocycles. The summed E-state index contributed by atoms with van der Waals surface area (Å²) < 4.78 is 23.6. The topological polar surface area (TPSA) is 175 Å². The molecule has 0 aromatic heterocycles. The Balaban J connectivity index is 1.46. The standard InChI is InChI=1S/C42H51NO11/c1-22-28(54-38(49)34(53-25(4)45)32(26-15-11-9-12-16-26)43-37(48)27-17-13-10-14-18-27)20-42(50)23(2)35-40(7)21-51-30(40)19-29(46)41(35,8)36(47)33(52-24(3)44)31(22)39(42,5)6/h9-18,23,28-30,32-35,46,50H,19-21H2,1-8H3,(H,43,48)/t23?,28-,29-,30+,32-,33+,34+,35?,40+,41+,42+/m0/s1. The number of carbonyl (C=O) groups is 5. The molecule has 3 aliphatic carbocycles. The zero-order valence-corrected chi connectivity index (χ0v) is 32.1. The van der Waals surface area contributed by atoms with Crippen LogP contribution < -0.4 is 5.32 Å². The number of esters is 3. The maximum Gasteiger partial charge on any atom is 0.350 e. The molecule has 3 N–H and O–H groups in total. The number of aliphatic hydroxyl groups excluding tert-OH is 1. The van der Waals surface area contributed by atoms with E-state index >= 15 is 4.79 Å². The molecule has 2 saturated carbocycles. The summed E-state index contributed by atoms with van der Waals surface area (Å²) in [6, 6.07) is 15.7. The van der Waals surface area contributed by atoms with E-state index in [0.29, 0.717) is 23.3 Å². The van der Waals surface area contributed by atoms with Crippen molar-refractivity contribution in [3.8, 4) is 0 Å². The SMILES string of the molecule is CC(=O)O[C@H]1C(=O)[C@@]2(C)C(C(C)[C@]3(O)C[C@H](OC(=O)[C@H](OC(C)=O)[C@@H](NC(=O)c4ccccc4)c4ccccc4)C(C)=C1C3(C)C)[C@]1(C)CO[C@@H]1C[C@@H]2O. The van der Waals surface area contributed by atoms with Gasteiger partial charge in [0.05, 0.1) is 29.8 Å². The van der Waals surface area contributed by atoms with Crippen molar-refractivity contribution in [3.63, 3.8) is 0 Å². The first-order valence-electron chi connectivity index (χ1n) is 18.5. The zero-order valence-electron chi connectivity index (χ0n) is 32.1. The van der Waals surface area contributed by atoms with E-state index in [-0.39, 0.29) is 24.5 Å². The fourth-order valence-electron chi connectivity index (χ4n) is 10.3. The highest BCUT2D eigenvalue weighted by molar-refractivity contribution is 5.96. The molecular weight excluding hydrogens is 694 g/mol. The first-order chi connectivity index (χ1) is 25.3. The van der Waals surface area contributed by atoms with Crippen molar-refractivity contribution in [2.75, 3.05) is 6.61 Å². The predicted molar refractivity (Wildman–Crippen MR) is 194 cm³/mol. The Morgan fingerprint density at radius 1 is 0.926 bits per heavy atom. The average molecular weight is 746 g/mol. The number of Topliss-reactive ketones (excluding diaryl/α,β-unsaturated/α-hetero) is 1. The van der Waals surface area contributed by atoms with Gasteiger partial charge in [-0.3, -0.25) is 19.2 Å². The number of benzene rings is 2. The Labute approximate surface area is 315 Å². The molecule has 1 saturated heterocycles. The summed E-state index contributed by atoms with van der Waals surface area (Å²) in [5.41, 5.74) is -3.54. The predicted octanol–water partition coefficient (Wildman–Crippen LogP) is 4.42. The fraction of sp³-hybridized carbons (Fsp3) is 0.548. The van der Waals surface area contributed by atoms with E-state index in [1.54, 1.807) is 88.4 Å². The molecule has 2 bridgehead atoms. The molecule has 12 heteroatoms. The van der Waals surface area contributed by atoms with Crippen LogP contribution in [0.4, 0.5) is 0 Å². The molecule has 2 aromatic rings. The van der Waals surface area contributed by atoms with E-state index in [0.717, 1.165) is 6.92 Å². The maximum atomic E-state index is 15.0. The lowest BCUT2D eigenvalue weighted by atomic mass is 9.40. The van der Waals surface area contributed by atoms with Crippen LogP contribution in [0.25, 0.3) is 0 Å². The van der Waals surface area contributed by atoms with Crippen molar-refractivity contribution >= 4 is 29.6 Å². The van der Waals surface area contributed by atoms with Crippen molar-refractivity contribution in [3.05, 3.63) is 82.9 Å². The molecule has 11 atom stereocenters. The summed E-state index contributed by atoms with van der Waals surface area (Å²) in [6.07, 6.45) is -5.82. The van der Waals surface area contributed by atoms with Crippen LogP contribution in [0.1, 0.15) is 90.2 Å². The first-order valence-corrected chi connectivity index (χ1v) is 18.5. The minimum Gasteiger partial charge on any atom is -0.455 e. The molecule has 6 rings (SSSR count). The van der Waals surface area contributed by atoms with Crippen LogP contribution in [0.5, 0.6) is 0 Å². The number of hydrogen-bond donors (Lipinski definition) is 3. The molecule has 0 radical (unpaired) electrons. The first kappa shape index (κ1) is 39.3. The summed E-state index contributed by atoms with van der Waals surface area (Å²) in [4.78, 5) is 68.4. The third-order valence-corrected chi connectivity index (χ3v) is 13.1. The molecule has 2 unspecified atom stereocenters. The number of aliphatic hydroxyl groups is 2. The van der Waals surface area contributed by atoms with Crippen molar-refractivity contribution in [1.82, 2.24) is 5.32 Å². The van der Waals surface area contributed by atoms with Crippen LogP contribution in [0.3, 0.4) is 0 Å². The fourth-order valence-corrected chi connectivity index (χ4v) is 10.3. The van der Waals surface area contributed by atoms with Gasteiger partial charge in [-0.15, -0.1) is 0 Å². The quantitative estimate of drug-likeness (QED) is 0.198. The smallest absolute Gasteiger partial charge is 0.350 e. The van der Waals surface area contributed by atoms with E-state index in [2.05, 4.69) is 5.32 Å². The number of hydrogen-bond acceptors (Lipinski definition) is 11. The average Bonchev–Trinajstić information content (AvgIpc) is 3.12. The van der Waals surface area contributed by atoms with Gasteiger partial charge in [-0.25, -0.2) is 4.79 Å². The van der Waals surface area contributed by atoms with E-state index in [9.17, 15) is 29.4 Å². The van der Waals surface area contributed by atoms with Crippen LogP contribution in [0.15, 0.2) is 71.8 Å².